The summed E-state index contributed by atoms with van der Waals surface area (Å²) in [6.45, 7) is 2.13. The average molecular weight is 239 g/mol. The second kappa shape index (κ2) is 3.05. The molecule has 0 saturated carbocycles. The SMILES string of the molecule is Cc1cc2c3ccccc3n3ncnc3c2s1. The summed E-state index contributed by atoms with van der Waals surface area (Å²) in [5.74, 6) is 0. The van der Waals surface area contributed by atoms with Crippen molar-refractivity contribution in [3.8, 4) is 0 Å². The van der Waals surface area contributed by atoms with E-state index in [1.165, 1.54) is 20.3 Å². The van der Waals surface area contributed by atoms with Gasteiger partial charge in [0, 0.05) is 15.6 Å². The lowest BCUT2D eigenvalue weighted by molar-refractivity contribution is 1.01. The topological polar surface area (TPSA) is 30.2 Å². The number of nitrogens with zero attached hydrogens (tertiary/aromatic N) is 3. The third kappa shape index (κ3) is 1.10. The largest absolute Gasteiger partial charge is 0.214 e. The van der Waals surface area contributed by atoms with E-state index < -0.39 is 0 Å². The molecule has 17 heavy (non-hydrogen) atoms. The number of thiophene rings is 1. The molecular formula is C13H9N3S. The molecule has 0 spiro atoms. The Morgan fingerprint density at radius 2 is 2.06 bits per heavy atom. The minimum atomic E-state index is 0.955. The van der Waals surface area contributed by atoms with E-state index in [1.54, 1.807) is 17.7 Å². The van der Waals surface area contributed by atoms with E-state index in [2.05, 4.69) is 41.3 Å². The fourth-order valence-electron chi connectivity index (χ4n) is 2.34. The number of pyridine rings is 1. The van der Waals surface area contributed by atoms with Crippen LogP contribution in [0.25, 0.3) is 26.6 Å². The molecule has 1 aromatic carbocycles. The highest BCUT2D eigenvalue weighted by Gasteiger charge is 2.11. The molecule has 82 valence electrons. The molecule has 0 aliphatic carbocycles. The molecule has 0 atom stereocenters. The number of aromatic nitrogens is 3. The van der Waals surface area contributed by atoms with Gasteiger partial charge in [0.15, 0.2) is 5.65 Å². The summed E-state index contributed by atoms with van der Waals surface area (Å²) < 4.78 is 3.15. The number of aryl methyl sites for hydroxylation is 1. The van der Waals surface area contributed by atoms with Crippen molar-refractivity contribution in [2.24, 2.45) is 0 Å². The highest BCUT2D eigenvalue weighted by atomic mass is 32.1. The van der Waals surface area contributed by atoms with Crippen molar-refractivity contribution in [1.29, 1.82) is 0 Å². The second-order valence-corrected chi connectivity index (χ2v) is 5.37. The van der Waals surface area contributed by atoms with Gasteiger partial charge in [0.25, 0.3) is 0 Å². The van der Waals surface area contributed by atoms with Gasteiger partial charge in [0.05, 0.1) is 10.2 Å². The van der Waals surface area contributed by atoms with Gasteiger partial charge >= 0.3 is 0 Å². The van der Waals surface area contributed by atoms with Gasteiger partial charge in [0.1, 0.15) is 6.33 Å². The van der Waals surface area contributed by atoms with Crippen LogP contribution in [-0.2, 0) is 0 Å². The first-order valence-corrected chi connectivity index (χ1v) is 6.27. The Bertz CT molecular complexity index is 857. The molecule has 0 N–H and O–H groups in total. The monoisotopic (exact) mass is 239 g/mol. The van der Waals surface area contributed by atoms with Crippen molar-refractivity contribution in [2.45, 2.75) is 6.92 Å². The zero-order valence-electron chi connectivity index (χ0n) is 9.21. The Balaban J connectivity index is 2.47. The summed E-state index contributed by atoms with van der Waals surface area (Å²) in [7, 11) is 0. The molecule has 0 unspecified atom stereocenters. The molecule has 0 fully saturated rings. The predicted octanol–water partition coefficient (Wildman–Crippen LogP) is 3.41. The smallest absolute Gasteiger partial charge is 0.173 e. The molecule has 3 heterocycles. The second-order valence-electron chi connectivity index (χ2n) is 4.11. The molecule has 4 heteroatoms. The van der Waals surface area contributed by atoms with E-state index in [-0.39, 0.29) is 0 Å². The van der Waals surface area contributed by atoms with Gasteiger partial charge in [-0.3, -0.25) is 0 Å². The van der Waals surface area contributed by atoms with Crippen LogP contribution in [0, 0.1) is 6.92 Å². The fraction of sp³-hybridized carbons (Fsp3) is 0.0769. The minimum absolute atomic E-state index is 0.955. The molecule has 4 aromatic rings. The van der Waals surface area contributed by atoms with Crippen molar-refractivity contribution in [3.63, 3.8) is 0 Å². The Kier molecular flexibility index (Phi) is 1.64. The zero-order chi connectivity index (χ0) is 11.4. The molecule has 0 aliphatic heterocycles. The number of rotatable bonds is 0. The summed E-state index contributed by atoms with van der Waals surface area (Å²) in [4.78, 5) is 5.68. The Labute approximate surface area is 101 Å². The quantitative estimate of drug-likeness (QED) is 0.470. The van der Waals surface area contributed by atoms with Crippen molar-refractivity contribution >= 4 is 38.0 Å². The molecule has 3 nitrogen and oxygen atoms in total. The Hall–Kier alpha value is -1.94. The van der Waals surface area contributed by atoms with E-state index in [0.29, 0.717) is 0 Å². The maximum absolute atomic E-state index is 4.37. The van der Waals surface area contributed by atoms with Gasteiger partial charge in [-0.2, -0.15) is 5.10 Å². The number of benzene rings is 1. The Morgan fingerprint density at radius 3 is 3.00 bits per heavy atom. The molecule has 0 amide bonds. The van der Waals surface area contributed by atoms with Crippen molar-refractivity contribution < 1.29 is 0 Å². The predicted molar refractivity (Wildman–Crippen MR) is 70.6 cm³/mol. The maximum atomic E-state index is 4.37. The first-order valence-electron chi connectivity index (χ1n) is 5.45. The molecule has 0 bridgehead atoms. The lowest BCUT2D eigenvalue weighted by atomic mass is 10.1. The van der Waals surface area contributed by atoms with Crippen molar-refractivity contribution in [1.82, 2.24) is 14.6 Å². The highest BCUT2D eigenvalue weighted by Crippen LogP contribution is 2.33. The van der Waals surface area contributed by atoms with Crippen LogP contribution < -0.4 is 0 Å². The van der Waals surface area contributed by atoms with Crippen LogP contribution in [0.1, 0.15) is 4.88 Å². The summed E-state index contributed by atoms with van der Waals surface area (Å²) in [6, 6.07) is 10.6. The average Bonchev–Trinajstić information content (AvgIpc) is 2.94. The number of para-hydroxylation sites is 1. The van der Waals surface area contributed by atoms with Crippen LogP contribution >= 0.6 is 11.3 Å². The van der Waals surface area contributed by atoms with E-state index in [0.717, 1.165) is 11.2 Å². The molecular weight excluding hydrogens is 230 g/mol. The third-order valence-electron chi connectivity index (χ3n) is 3.03. The van der Waals surface area contributed by atoms with E-state index in [4.69, 9.17) is 0 Å². The molecule has 0 aliphatic rings. The van der Waals surface area contributed by atoms with Crippen LogP contribution in [-0.4, -0.2) is 14.6 Å². The van der Waals surface area contributed by atoms with Crippen LogP contribution in [0.4, 0.5) is 0 Å². The first kappa shape index (κ1) is 9.13. The van der Waals surface area contributed by atoms with Gasteiger partial charge < -0.3 is 0 Å². The van der Waals surface area contributed by atoms with E-state index in [9.17, 15) is 0 Å². The van der Waals surface area contributed by atoms with Crippen LogP contribution in [0.3, 0.4) is 0 Å². The summed E-state index contributed by atoms with van der Waals surface area (Å²) in [6.07, 6.45) is 1.62. The van der Waals surface area contributed by atoms with Gasteiger partial charge in [-0.1, -0.05) is 18.2 Å². The first-order chi connectivity index (χ1) is 8.34. The van der Waals surface area contributed by atoms with Gasteiger partial charge in [0.2, 0.25) is 0 Å². The summed E-state index contributed by atoms with van der Waals surface area (Å²) in [5, 5.41) is 6.84. The third-order valence-corrected chi connectivity index (χ3v) is 4.07. The number of hydrogen-bond donors (Lipinski definition) is 0. The highest BCUT2D eigenvalue weighted by molar-refractivity contribution is 7.20. The van der Waals surface area contributed by atoms with Gasteiger partial charge in [-0.25, -0.2) is 9.50 Å². The van der Waals surface area contributed by atoms with Crippen LogP contribution in [0.2, 0.25) is 0 Å². The Morgan fingerprint density at radius 1 is 1.18 bits per heavy atom. The minimum Gasteiger partial charge on any atom is -0.214 e. The molecule has 0 saturated heterocycles. The van der Waals surface area contributed by atoms with Crippen molar-refractivity contribution in [2.75, 3.05) is 0 Å². The van der Waals surface area contributed by atoms with E-state index >= 15 is 0 Å². The lowest BCUT2D eigenvalue weighted by Crippen LogP contribution is -1.90. The van der Waals surface area contributed by atoms with Crippen LogP contribution in [0.15, 0.2) is 36.7 Å². The van der Waals surface area contributed by atoms with Gasteiger partial charge in [-0.15, -0.1) is 11.3 Å². The van der Waals surface area contributed by atoms with Gasteiger partial charge in [-0.05, 0) is 19.1 Å². The number of hydrogen-bond acceptors (Lipinski definition) is 3. The molecule has 3 aromatic heterocycles. The summed E-state index contributed by atoms with van der Waals surface area (Å²) >= 11 is 1.78. The molecule has 0 radical (unpaired) electrons. The molecule has 4 rings (SSSR count). The lowest BCUT2D eigenvalue weighted by Gasteiger charge is -2.02. The summed E-state index contributed by atoms with van der Waals surface area (Å²) in [5.41, 5.74) is 2.07. The van der Waals surface area contributed by atoms with E-state index in [1.807, 2.05) is 10.6 Å². The van der Waals surface area contributed by atoms with Crippen LogP contribution in [0.5, 0.6) is 0 Å². The zero-order valence-corrected chi connectivity index (χ0v) is 10.0. The standard InChI is InChI=1S/C13H9N3S/c1-8-6-10-9-4-2-3-5-11(9)16-13(12(10)17-8)14-7-15-16/h2-7H,1H3. The number of fused-ring (bicyclic) bond motifs is 6. The van der Waals surface area contributed by atoms with Crippen molar-refractivity contribution in [3.05, 3.63) is 41.5 Å². The fourth-order valence-corrected chi connectivity index (χ4v) is 3.35. The maximum Gasteiger partial charge on any atom is 0.173 e. The normalized spacial score (nSPS) is 11.8.